The molecule has 3 nitrogen and oxygen atoms in total. The summed E-state index contributed by atoms with van der Waals surface area (Å²) in [5.41, 5.74) is 2.41. The molecule has 0 amide bonds. The molecule has 1 heterocycles. The van der Waals surface area contributed by atoms with Gasteiger partial charge in [0.1, 0.15) is 14.2 Å². The molecule has 0 spiro atoms. The molecule has 0 fully saturated rings. The molecule has 0 aliphatic heterocycles. The van der Waals surface area contributed by atoms with E-state index in [0.29, 0.717) is 0 Å². The number of hydrogen-bond acceptors (Lipinski definition) is 3. The van der Waals surface area contributed by atoms with E-state index in [-0.39, 0.29) is 17.1 Å². The number of esters is 1. The van der Waals surface area contributed by atoms with E-state index in [9.17, 15) is 4.79 Å². The van der Waals surface area contributed by atoms with Gasteiger partial charge in [-0.2, -0.15) is 0 Å². The van der Waals surface area contributed by atoms with E-state index in [1.54, 1.807) is 6.26 Å². The monoisotopic (exact) mass is 450 g/mol. The number of rotatable bonds is 9. The predicted octanol–water partition coefficient (Wildman–Crippen LogP) is 7.56. The SMILES string of the molecule is CC(=O)OC(CCCCCc1cccc2ccccc12)c1coc([Si](C)(C)C(C)(C)C)c1. The zero-order chi connectivity index (χ0) is 23.4. The second kappa shape index (κ2) is 10.1. The molecule has 0 aliphatic rings. The summed E-state index contributed by atoms with van der Waals surface area (Å²) in [6.45, 7) is 13.0. The van der Waals surface area contributed by atoms with Crippen LogP contribution in [0.4, 0.5) is 0 Å². The van der Waals surface area contributed by atoms with Crippen molar-refractivity contribution in [3.63, 3.8) is 0 Å². The maximum absolute atomic E-state index is 11.7. The molecule has 2 aromatic carbocycles. The van der Waals surface area contributed by atoms with E-state index >= 15 is 0 Å². The average Bonchev–Trinajstić information content (AvgIpc) is 3.22. The van der Waals surface area contributed by atoms with Gasteiger partial charge in [0.2, 0.25) is 0 Å². The first-order valence-electron chi connectivity index (χ1n) is 11.8. The van der Waals surface area contributed by atoms with Crippen molar-refractivity contribution in [3.05, 3.63) is 65.9 Å². The topological polar surface area (TPSA) is 39.4 Å². The third kappa shape index (κ3) is 5.72. The Labute approximate surface area is 194 Å². The van der Waals surface area contributed by atoms with Gasteiger partial charge in [0.15, 0.2) is 0 Å². The quantitative estimate of drug-likeness (QED) is 0.192. The van der Waals surface area contributed by atoms with Crippen LogP contribution in [0.25, 0.3) is 10.8 Å². The second-order valence-electron chi connectivity index (χ2n) is 10.5. The van der Waals surface area contributed by atoms with Crippen LogP contribution in [0, 0.1) is 0 Å². The first-order valence-corrected chi connectivity index (χ1v) is 14.8. The van der Waals surface area contributed by atoms with Crippen molar-refractivity contribution in [1.82, 2.24) is 0 Å². The van der Waals surface area contributed by atoms with E-state index < -0.39 is 8.07 Å². The zero-order valence-electron chi connectivity index (χ0n) is 20.5. The number of benzene rings is 2. The molecule has 1 atom stereocenters. The minimum absolute atomic E-state index is 0.195. The number of furan rings is 1. The number of fused-ring (bicyclic) bond motifs is 1. The van der Waals surface area contributed by atoms with Gasteiger partial charge in [-0.25, -0.2) is 0 Å². The minimum atomic E-state index is -1.76. The highest BCUT2D eigenvalue weighted by Crippen LogP contribution is 2.36. The highest BCUT2D eigenvalue weighted by atomic mass is 28.3. The molecule has 0 bridgehead atoms. The molecule has 0 N–H and O–H groups in total. The van der Waals surface area contributed by atoms with Crippen LogP contribution in [0.3, 0.4) is 0 Å². The lowest BCUT2D eigenvalue weighted by Gasteiger charge is -2.34. The van der Waals surface area contributed by atoms with E-state index in [1.807, 2.05) is 0 Å². The van der Waals surface area contributed by atoms with Crippen LogP contribution in [-0.4, -0.2) is 14.0 Å². The molecule has 3 rings (SSSR count). The lowest BCUT2D eigenvalue weighted by atomic mass is 9.98. The third-order valence-electron chi connectivity index (χ3n) is 7.08. The number of hydrogen-bond donors (Lipinski definition) is 0. The van der Waals surface area contributed by atoms with Crippen LogP contribution in [-0.2, 0) is 16.0 Å². The lowest BCUT2D eigenvalue weighted by molar-refractivity contribution is -0.147. The Hall–Kier alpha value is -2.33. The molecule has 4 heteroatoms. The van der Waals surface area contributed by atoms with Gasteiger partial charge in [0.05, 0.1) is 11.6 Å². The van der Waals surface area contributed by atoms with Crippen LogP contribution >= 0.6 is 0 Å². The van der Waals surface area contributed by atoms with Crippen LogP contribution in [0.15, 0.2) is 59.2 Å². The Bertz CT molecular complexity index is 1040. The molecule has 172 valence electrons. The standard InChI is InChI=1S/C28H38O3Si/c1-21(29)31-26(24-19-27(30-20-24)32(5,6)28(2,3)4)18-9-7-8-13-22-15-12-16-23-14-10-11-17-25(22)23/h10-12,14-17,19-20,26H,7-9,13,18H2,1-6H3. The first kappa shape index (κ1) is 24.3. The van der Waals surface area contributed by atoms with Crippen molar-refractivity contribution >= 4 is 30.2 Å². The Balaban J connectivity index is 1.59. The fraction of sp³-hybridized carbons (Fsp3) is 0.464. The van der Waals surface area contributed by atoms with Gasteiger partial charge < -0.3 is 9.15 Å². The van der Waals surface area contributed by atoms with Crippen LogP contribution < -0.4 is 5.38 Å². The van der Waals surface area contributed by atoms with Gasteiger partial charge in [-0.3, -0.25) is 4.79 Å². The summed E-state index contributed by atoms with van der Waals surface area (Å²) in [6, 6.07) is 17.3. The number of carbonyl (C=O) groups is 1. The summed E-state index contributed by atoms with van der Waals surface area (Å²) < 4.78 is 11.7. The van der Waals surface area contributed by atoms with Gasteiger partial charge >= 0.3 is 5.97 Å². The fourth-order valence-electron chi connectivity index (χ4n) is 4.04. The summed E-state index contributed by atoms with van der Waals surface area (Å²) in [4.78, 5) is 11.7. The van der Waals surface area contributed by atoms with E-state index in [2.05, 4.69) is 82.4 Å². The van der Waals surface area contributed by atoms with Crippen molar-refractivity contribution in [1.29, 1.82) is 0 Å². The first-order chi connectivity index (χ1) is 15.1. The molecule has 1 aromatic heterocycles. The summed E-state index contributed by atoms with van der Waals surface area (Å²) in [5, 5.41) is 3.93. The predicted molar refractivity (Wildman–Crippen MR) is 136 cm³/mol. The molecule has 3 aromatic rings. The van der Waals surface area contributed by atoms with Crippen molar-refractivity contribution in [2.75, 3.05) is 0 Å². The van der Waals surface area contributed by atoms with Crippen LogP contribution in [0.5, 0.6) is 0 Å². The molecule has 32 heavy (non-hydrogen) atoms. The number of unbranched alkanes of at least 4 members (excludes halogenated alkanes) is 2. The Morgan fingerprint density at radius 1 is 1.03 bits per heavy atom. The van der Waals surface area contributed by atoms with Crippen LogP contribution in [0.1, 0.15) is 70.6 Å². The van der Waals surface area contributed by atoms with Crippen molar-refractivity contribution in [2.24, 2.45) is 0 Å². The Morgan fingerprint density at radius 3 is 2.47 bits per heavy atom. The smallest absolute Gasteiger partial charge is 0.303 e. The molecule has 0 aliphatic carbocycles. The summed E-state index contributed by atoms with van der Waals surface area (Å²) in [5.74, 6) is -0.235. The number of ether oxygens (including phenoxy) is 1. The maximum atomic E-state index is 11.7. The Morgan fingerprint density at radius 2 is 1.75 bits per heavy atom. The van der Waals surface area contributed by atoms with E-state index in [1.165, 1.54) is 23.3 Å². The third-order valence-corrected chi connectivity index (χ3v) is 12.3. The van der Waals surface area contributed by atoms with Gasteiger partial charge in [0, 0.05) is 12.5 Å². The molecule has 0 saturated heterocycles. The zero-order valence-corrected chi connectivity index (χ0v) is 21.5. The number of aryl methyl sites for hydroxylation is 1. The largest absolute Gasteiger partial charge is 0.474 e. The minimum Gasteiger partial charge on any atom is -0.474 e. The van der Waals surface area contributed by atoms with Gasteiger partial charge in [-0.1, -0.05) is 82.8 Å². The number of carbonyl (C=O) groups excluding carboxylic acids is 1. The highest BCUT2D eigenvalue weighted by Gasteiger charge is 2.40. The maximum Gasteiger partial charge on any atom is 0.303 e. The highest BCUT2D eigenvalue weighted by molar-refractivity contribution is 6.91. The van der Waals surface area contributed by atoms with Gasteiger partial charge in [0.25, 0.3) is 0 Å². The van der Waals surface area contributed by atoms with Crippen LogP contribution in [0.2, 0.25) is 18.1 Å². The molecule has 0 saturated carbocycles. The second-order valence-corrected chi connectivity index (χ2v) is 15.7. The average molecular weight is 451 g/mol. The molecule has 1 unspecified atom stereocenters. The fourth-order valence-corrected chi connectivity index (χ4v) is 5.66. The van der Waals surface area contributed by atoms with Crippen molar-refractivity contribution < 1.29 is 13.9 Å². The Kier molecular flexibility index (Phi) is 7.66. The van der Waals surface area contributed by atoms with Gasteiger partial charge in [-0.15, -0.1) is 0 Å². The molecule has 0 radical (unpaired) electrons. The summed E-state index contributed by atoms with van der Waals surface area (Å²) >= 11 is 0. The van der Waals surface area contributed by atoms with Crippen molar-refractivity contribution in [3.8, 4) is 0 Å². The van der Waals surface area contributed by atoms with Crippen molar-refractivity contribution in [2.45, 2.75) is 84.0 Å². The lowest BCUT2D eigenvalue weighted by Crippen LogP contribution is -2.48. The molecular weight excluding hydrogens is 412 g/mol. The van der Waals surface area contributed by atoms with E-state index in [4.69, 9.17) is 9.15 Å². The summed E-state index contributed by atoms with van der Waals surface area (Å²) in [7, 11) is -1.76. The van der Waals surface area contributed by atoms with Gasteiger partial charge in [-0.05, 0) is 53.1 Å². The molecular formula is C28H38O3Si. The van der Waals surface area contributed by atoms with E-state index in [0.717, 1.165) is 43.1 Å². The normalized spacial score (nSPS) is 13.3. The summed E-state index contributed by atoms with van der Waals surface area (Å²) in [6.07, 6.45) is 6.72.